The predicted molar refractivity (Wildman–Crippen MR) is 58.0 cm³/mol. The normalized spacial score (nSPS) is 20.1. The average Bonchev–Trinajstić information content (AvgIpc) is 2.65. The Kier molecular flexibility index (Phi) is 5.25. The molecule has 0 spiro atoms. The maximum absolute atomic E-state index is 11.7. The van der Waals surface area contributed by atoms with Crippen LogP contribution < -0.4 is 0 Å². The first kappa shape index (κ1) is 13.0. The van der Waals surface area contributed by atoms with Crippen LogP contribution in [0, 0.1) is 5.92 Å². The van der Waals surface area contributed by atoms with Gasteiger partial charge in [-0.3, -0.25) is 9.59 Å². The highest BCUT2D eigenvalue weighted by molar-refractivity contribution is 5.76. The third kappa shape index (κ3) is 4.18. The molecule has 1 rings (SSSR count). The monoisotopic (exact) mass is 229 g/mol. The SMILES string of the molecule is COCCCC(=O)N1CCC(CC(=O)O)C1. The molecule has 92 valence electrons. The first-order valence-electron chi connectivity index (χ1n) is 5.62. The molecule has 1 aliphatic rings. The number of likely N-dealkylation sites (tertiary alicyclic amines) is 1. The van der Waals surface area contributed by atoms with Crippen molar-refractivity contribution >= 4 is 11.9 Å². The number of carbonyl (C=O) groups excluding carboxylic acids is 1. The van der Waals surface area contributed by atoms with Gasteiger partial charge in [0.05, 0.1) is 0 Å². The number of aliphatic carboxylic acids is 1. The van der Waals surface area contributed by atoms with Gasteiger partial charge in [0.15, 0.2) is 0 Å². The van der Waals surface area contributed by atoms with Gasteiger partial charge in [-0.2, -0.15) is 0 Å². The van der Waals surface area contributed by atoms with Gasteiger partial charge in [0, 0.05) is 39.6 Å². The van der Waals surface area contributed by atoms with Crippen LogP contribution in [-0.2, 0) is 14.3 Å². The van der Waals surface area contributed by atoms with Crippen molar-refractivity contribution in [2.75, 3.05) is 26.8 Å². The lowest BCUT2D eigenvalue weighted by Gasteiger charge is -2.15. The maximum atomic E-state index is 11.7. The van der Waals surface area contributed by atoms with Crippen molar-refractivity contribution in [1.29, 1.82) is 0 Å². The minimum absolute atomic E-state index is 0.116. The standard InChI is InChI=1S/C11H19NO4/c1-16-6-2-3-10(13)12-5-4-9(8-12)7-11(14)15/h9H,2-8H2,1H3,(H,14,15). The summed E-state index contributed by atoms with van der Waals surface area (Å²) in [6, 6.07) is 0. The van der Waals surface area contributed by atoms with Gasteiger partial charge >= 0.3 is 5.97 Å². The number of nitrogens with zero attached hydrogens (tertiary/aromatic N) is 1. The Hall–Kier alpha value is -1.10. The number of carboxylic acids is 1. The Morgan fingerprint density at radius 2 is 2.25 bits per heavy atom. The molecule has 0 aromatic carbocycles. The summed E-state index contributed by atoms with van der Waals surface area (Å²) in [6.07, 6.45) is 2.20. The summed E-state index contributed by atoms with van der Waals surface area (Å²) in [6.45, 7) is 1.89. The molecule has 5 nitrogen and oxygen atoms in total. The van der Waals surface area contributed by atoms with E-state index in [0.29, 0.717) is 26.1 Å². The zero-order chi connectivity index (χ0) is 12.0. The van der Waals surface area contributed by atoms with Gasteiger partial charge in [0.2, 0.25) is 5.91 Å². The smallest absolute Gasteiger partial charge is 0.303 e. The summed E-state index contributed by atoms with van der Waals surface area (Å²) in [4.78, 5) is 24.0. The van der Waals surface area contributed by atoms with Crippen molar-refractivity contribution in [3.05, 3.63) is 0 Å². The van der Waals surface area contributed by atoms with Crippen molar-refractivity contribution in [2.45, 2.75) is 25.7 Å². The van der Waals surface area contributed by atoms with Crippen LogP contribution in [0.3, 0.4) is 0 Å². The molecule has 1 saturated heterocycles. The molecule has 5 heteroatoms. The lowest BCUT2D eigenvalue weighted by Crippen LogP contribution is -2.28. The Labute approximate surface area is 95.4 Å². The molecule has 1 amide bonds. The molecule has 0 bridgehead atoms. The highest BCUT2D eigenvalue weighted by Gasteiger charge is 2.27. The Morgan fingerprint density at radius 3 is 2.88 bits per heavy atom. The fraction of sp³-hybridized carbons (Fsp3) is 0.818. The van der Waals surface area contributed by atoms with E-state index in [4.69, 9.17) is 9.84 Å². The van der Waals surface area contributed by atoms with Crippen LogP contribution in [0.4, 0.5) is 0 Å². The van der Waals surface area contributed by atoms with Gasteiger partial charge in [-0.05, 0) is 18.8 Å². The van der Waals surface area contributed by atoms with Crippen LogP contribution in [0.15, 0.2) is 0 Å². The fourth-order valence-corrected chi connectivity index (χ4v) is 2.00. The fourth-order valence-electron chi connectivity index (χ4n) is 2.00. The molecule has 0 aromatic heterocycles. The summed E-state index contributed by atoms with van der Waals surface area (Å²) in [5.41, 5.74) is 0. The van der Waals surface area contributed by atoms with Gasteiger partial charge in [-0.1, -0.05) is 0 Å². The van der Waals surface area contributed by atoms with E-state index >= 15 is 0 Å². The lowest BCUT2D eigenvalue weighted by molar-refractivity contribution is -0.138. The molecule has 0 aliphatic carbocycles. The van der Waals surface area contributed by atoms with Crippen LogP contribution in [0.5, 0.6) is 0 Å². The molecular weight excluding hydrogens is 210 g/mol. The van der Waals surface area contributed by atoms with Crippen LogP contribution in [0.25, 0.3) is 0 Å². The minimum Gasteiger partial charge on any atom is -0.481 e. The second-order valence-electron chi connectivity index (χ2n) is 4.19. The Morgan fingerprint density at radius 1 is 1.50 bits per heavy atom. The third-order valence-corrected chi connectivity index (χ3v) is 2.84. The first-order valence-corrected chi connectivity index (χ1v) is 5.62. The molecular formula is C11H19NO4. The molecule has 0 aromatic rings. The zero-order valence-electron chi connectivity index (χ0n) is 9.65. The predicted octanol–water partition coefficient (Wildman–Crippen LogP) is 0.736. The van der Waals surface area contributed by atoms with Crippen LogP contribution >= 0.6 is 0 Å². The topological polar surface area (TPSA) is 66.8 Å². The van der Waals surface area contributed by atoms with E-state index in [1.807, 2.05) is 0 Å². The van der Waals surface area contributed by atoms with Crippen molar-refractivity contribution in [1.82, 2.24) is 4.90 Å². The van der Waals surface area contributed by atoms with E-state index in [0.717, 1.165) is 12.8 Å². The third-order valence-electron chi connectivity index (χ3n) is 2.84. The minimum atomic E-state index is -0.779. The van der Waals surface area contributed by atoms with Gasteiger partial charge in [0.25, 0.3) is 0 Å². The van der Waals surface area contributed by atoms with Gasteiger partial charge in [-0.25, -0.2) is 0 Å². The molecule has 1 heterocycles. The number of hydrogen-bond donors (Lipinski definition) is 1. The highest BCUT2D eigenvalue weighted by Crippen LogP contribution is 2.20. The molecule has 1 unspecified atom stereocenters. The second-order valence-corrected chi connectivity index (χ2v) is 4.19. The van der Waals surface area contributed by atoms with Gasteiger partial charge in [-0.15, -0.1) is 0 Å². The van der Waals surface area contributed by atoms with E-state index in [-0.39, 0.29) is 18.2 Å². The number of carbonyl (C=O) groups is 2. The van der Waals surface area contributed by atoms with Crippen molar-refractivity contribution in [2.24, 2.45) is 5.92 Å². The number of hydrogen-bond acceptors (Lipinski definition) is 3. The number of rotatable bonds is 6. The Bertz CT molecular complexity index is 254. The van der Waals surface area contributed by atoms with Crippen molar-refractivity contribution in [3.63, 3.8) is 0 Å². The average molecular weight is 229 g/mol. The molecule has 1 N–H and O–H groups in total. The summed E-state index contributed by atoms with van der Waals surface area (Å²) >= 11 is 0. The van der Waals surface area contributed by atoms with E-state index in [1.165, 1.54) is 0 Å². The lowest BCUT2D eigenvalue weighted by atomic mass is 10.1. The van der Waals surface area contributed by atoms with E-state index < -0.39 is 5.97 Å². The highest BCUT2D eigenvalue weighted by atomic mass is 16.5. The first-order chi connectivity index (χ1) is 7.63. The number of methoxy groups -OCH3 is 1. The van der Waals surface area contributed by atoms with Crippen LogP contribution in [0.2, 0.25) is 0 Å². The van der Waals surface area contributed by atoms with Crippen LogP contribution in [-0.4, -0.2) is 48.7 Å². The summed E-state index contributed by atoms with van der Waals surface area (Å²) in [5, 5.41) is 8.65. The largest absolute Gasteiger partial charge is 0.481 e. The zero-order valence-corrected chi connectivity index (χ0v) is 9.65. The molecule has 1 aliphatic heterocycles. The second kappa shape index (κ2) is 6.48. The van der Waals surface area contributed by atoms with Gasteiger partial charge < -0.3 is 14.7 Å². The van der Waals surface area contributed by atoms with E-state index in [9.17, 15) is 9.59 Å². The molecule has 1 fully saturated rings. The van der Waals surface area contributed by atoms with Crippen molar-refractivity contribution < 1.29 is 19.4 Å². The molecule has 0 saturated carbocycles. The molecule has 16 heavy (non-hydrogen) atoms. The number of carboxylic acid groups (broad SMARTS) is 1. The maximum Gasteiger partial charge on any atom is 0.303 e. The number of ether oxygens (including phenoxy) is 1. The van der Waals surface area contributed by atoms with E-state index in [2.05, 4.69) is 0 Å². The summed E-state index contributed by atoms with van der Waals surface area (Å²) in [5.74, 6) is -0.535. The molecule has 0 radical (unpaired) electrons. The van der Waals surface area contributed by atoms with Crippen molar-refractivity contribution in [3.8, 4) is 0 Å². The quantitative estimate of drug-likeness (QED) is 0.682. The van der Waals surface area contributed by atoms with Crippen LogP contribution in [0.1, 0.15) is 25.7 Å². The van der Waals surface area contributed by atoms with Gasteiger partial charge in [0.1, 0.15) is 0 Å². The summed E-state index contributed by atoms with van der Waals surface area (Å²) < 4.78 is 4.88. The molecule has 1 atom stereocenters. The number of amides is 1. The Balaban J connectivity index is 2.24. The van der Waals surface area contributed by atoms with E-state index in [1.54, 1.807) is 12.0 Å². The summed E-state index contributed by atoms with van der Waals surface area (Å²) in [7, 11) is 1.61.